The molecule has 2 rings (SSSR count). The highest BCUT2D eigenvalue weighted by molar-refractivity contribution is 5.77. The normalized spacial score (nSPS) is 28.3. The number of amides is 2. The maximum atomic E-state index is 12.4. The monoisotopic (exact) mass is 270 g/mol. The van der Waals surface area contributed by atoms with Gasteiger partial charge in [-0.3, -0.25) is 4.79 Å². The number of urea groups is 1. The SMILES string of the molecule is O=C(O)[C@H]1CCCN(C(=O)N2CCCCC2CO)C1. The standard InChI is InChI=1S/C13H22N2O4/c16-9-11-5-1-2-7-15(11)13(19)14-6-3-4-10(8-14)12(17)18/h10-11,16H,1-9H2,(H,17,18)/t10-,11?/m0/s1. The number of rotatable bonds is 2. The fraction of sp³-hybridized carbons (Fsp3) is 0.846. The van der Waals surface area contributed by atoms with Gasteiger partial charge in [0.2, 0.25) is 0 Å². The number of aliphatic hydroxyl groups excluding tert-OH is 1. The lowest BCUT2D eigenvalue weighted by atomic mass is 9.98. The maximum absolute atomic E-state index is 12.4. The fourth-order valence-corrected chi connectivity index (χ4v) is 2.98. The summed E-state index contributed by atoms with van der Waals surface area (Å²) in [7, 11) is 0. The molecule has 6 heteroatoms. The first-order valence-corrected chi connectivity index (χ1v) is 7.02. The van der Waals surface area contributed by atoms with Crippen molar-refractivity contribution in [2.45, 2.75) is 38.1 Å². The van der Waals surface area contributed by atoms with Crippen molar-refractivity contribution in [3.8, 4) is 0 Å². The Morgan fingerprint density at radius 2 is 1.89 bits per heavy atom. The molecule has 2 aliphatic rings. The summed E-state index contributed by atoms with van der Waals surface area (Å²) >= 11 is 0. The van der Waals surface area contributed by atoms with Crippen LogP contribution in [-0.2, 0) is 4.79 Å². The highest BCUT2D eigenvalue weighted by Gasteiger charge is 2.33. The second kappa shape index (κ2) is 6.23. The van der Waals surface area contributed by atoms with Crippen molar-refractivity contribution < 1.29 is 19.8 Å². The van der Waals surface area contributed by atoms with Gasteiger partial charge in [0.15, 0.2) is 0 Å². The molecule has 0 spiro atoms. The van der Waals surface area contributed by atoms with Crippen molar-refractivity contribution in [3.63, 3.8) is 0 Å². The Morgan fingerprint density at radius 1 is 1.11 bits per heavy atom. The molecule has 2 saturated heterocycles. The van der Waals surface area contributed by atoms with Gasteiger partial charge in [0, 0.05) is 19.6 Å². The van der Waals surface area contributed by atoms with Crippen LogP contribution in [0, 0.1) is 5.92 Å². The van der Waals surface area contributed by atoms with Crippen LogP contribution in [0.25, 0.3) is 0 Å². The van der Waals surface area contributed by atoms with E-state index in [0.717, 1.165) is 25.7 Å². The molecule has 2 aliphatic heterocycles. The number of carbonyl (C=O) groups excluding carboxylic acids is 1. The minimum absolute atomic E-state index is 0.0120. The van der Waals surface area contributed by atoms with Gasteiger partial charge in [0.25, 0.3) is 0 Å². The number of aliphatic carboxylic acids is 1. The molecule has 0 aromatic heterocycles. The predicted octanol–water partition coefficient (Wildman–Crippen LogP) is 0.750. The van der Waals surface area contributed by atoms with Crippen molar-refractivity contribution in [1.82, 2.24) is 9.80 Å². The average molecular weight is 270 g/mol. The van der Waals surface area contributed by atoms with Gasteiger partial charge in [-0.05, 0) is 32.1 Å². The molecular formula is C13H22N2O4. The van der Waals surface area contributed by atoms with Crippen LogP contribution in [0.1, 0.15) is 32.1 Å². The number of hydrogen-bond acceptors (Lipinski definition) is 3. The summed E-state index contributed by atoms with van der Waals surface area (Å²) < 4.78 is 0. The highest BCUT2D eigenvalue weighted by Crippen LogP contribution is 2.22. The number of piperidine rings is 2. The first kappa shape index (κ1) is 14.1. The van der Waals surface area contributed by atoms with Gasteiger partial charge in [0.1, 0.15) is 0 Å². The van der Waals surface area contributed by atoms with Crippen LogP contribution in [0.15, 0.2) is 0 Å². The second-order valence-electron chi connectivity index (χ2n) is 5.43. The van der Waals surface area contributed by atoms with E-state index in [2.05, 4.69) is 0 Å². The summed E-state index contributed by atoms with van der Waals surface area (Å²) in [6.45, 7) is 1.57. The van der Waals surface area contributed by atoms with E-state index in [-0.39, 0.29) is 18.7 Å². The first-order chi connectivity index (χ1) is 9.13. The van der Waals surface area contributed by atoms with Gasteiger partial charge in [0.05, 0.1) is 18.6 Å². The van der Waals surface area contributed by atoms with Gasteiger partial charge in [-0.2, -0.15) is 0 Å². The van der Waals surface area contributed by atoms with Crippen LogP contribution in [-0.4, -0.2) is 64.3 Å². The number of aliphatic hydroxyl groups is 1. The van der Waals surface area contributed by atoms with Gasteiger partial charge in [-0.1, -0.05) is 0 Å². The lowest BCUT2D eigenvalue weighted by Gasteiger charge is -2.40. The molecule has 2 fully saturated rings. The van der Waals surface area contributed by atoms with Crippen molar-refractivity contribution in [3.05, 3.63) is 0 Å². The molecule has 0 bridgehead atoms. The van der Waals surface area contributed by atoms with Gasteiger partial charge in [-0.15, -0.1) is 0 Å². The van der Waals surface area contributed by atoms with Crippen molar-refractivity contribution in [1.29, 1.82) is 0 Å². The lowest BCUT2D eigenvalue weighted by molar-refractivity contribution is -0.143. The minimum Gasteiger partial charge on any atom is -0.481 e. The second-order valence-corrected chi connectivity index (χ2v) is 5.43. The van der Waals surface area contributed by atoms with E-state index in [4.69, 9.17) is 5.11 Å². The van der Waals surface area contributed by atoms with E-state index >= 15 is 0 Å². The van der Waals surface area contributed by atoms with Crippen LogP contribution in [0.2, 0.25) is 0 Å². The quantitative estimate of drug-likeness (QED) is 0.776. The number of carboxylic acids is 1. The van der Waals surface area contributed by atoms with Gasteiger partial charge >= 0.3 is 12.0 Å². The summed E-state index contributed by atoms with van der Waals surface area (Å²) in [6, 6.07) is -0.212. The van der Waals surface area contributed by atoms with E-state index in [1.165, 1.54) is 0 Å². The van der Waals surface area contributed by atoms with Crippen LogP contribution < -0.4 is 0 Å². The summed E-state index contributed by atoms with van der Waals surface area (Å²) in [5.41, 5.74) is 0. The van der Waals surface area contributed by atoms with Crippen molar-refractivity contribution in [2.24, 2.45) is 5.92 Å². The number of nitrogens with zero attached hydrogens (tertiary/aromatic N) is 2. The van der Waals surface area contributed by atoms with Crippen LogP contribution in [0.3, 0.4) is 0 Å². The summed E-state index contributed by atoms with van der Waals surface area (Å²) in [5, 5.41) is 18.4. The maximum Gasteiger partial charge on any atom is 0.320 e. The van der Waals surface area contributed by atoms with Crippen LogP contribution in [0.5, 0.6) is 0 Å². The molecule has 2 N–H and O–H groups in total. The third-order valence-electron chi connectivity index (χ3n) is 4.12. The molecular weight excluding hydrogens is 248 g/mol. The molecule has 2 heterocycles. The highest BCUT2D eigenvalue weighted by atomic mass is 16.4. The molecule has 19 heavy (non-hydrogen) atoms. The van der Waals surface area contributed by atoms with Crippen LogP contribution in [0.4, 0.5) is 4.79 Å². The van der Waals surface area contributed by atoms with E-state index < -0.39 is 11.9 Å². The number of carbonyl (C=O) groups is 2. The van der Waals surface area contributed by atoms with E-state index in [0.29, 0.717) is 26.1 Å². The largest absolute Gasteiger partial charge is 0.481 e. The molecule has 0 aliphatic carbocycles. The topological polar surface area (TPSA) is 81.1 Å². The van der Waals surface area contributed by atoms with Gasteiger partial charge in [-0.25, -0.2) is 4.79 Å². The molecule has 0 aromatic carbocycles. The number of likely N-dealkylation sites (tertiary alicyclic amines) is 2. The summed E-state index contributed by atoms with van der Waals surface area (Å²) in [5.74, 6) is -1.27. The molecule has 1 unspecified atom stereocenters. The zero-order valence-electron chi connectivity index (χ0n) is 11.1. The Hall–Kier alpha value is -1.30. The third-order valence-corrected chi connectivity index (χ3v) is 4.12. The van der Waals surface area contributed by atoms with E-state index in [9.17, 15) is 14.7 Å². The number of hydrogen-bond donors (Lipinski definition) is 2. The fourth-order valence-electron chi connectivity index (χ4n) is 2.98. The lowest BCUT2D eigenvalue weighted by Crippen LogP contribution is -2.54. The predicted molar refractivity (Wildman–Crippen MR) is 68.8 cm³/mol. The molecule has 108 valence electrons. The Balaban J connectivity index is 1.99. The molecule has 6 nitrogen and oxygen atoms in total. The average Bonchev–Trinajstić information content (AvgIpc) is 2.46. The van der Waals surface area contributed by atoms with Gasteiger partial charge < -0.3 is 20.0 Å². The molecule has 2 atom stereocenters. The zero-order chi connectivity index (χ0) is 13.8. The third kappa shape index (κ3) is 3.18. The Bertz CT molecular complexity index is 348. The molecule has 0 saturated carbocycles. The minimum atomic E-state index is -0.824. The summed E-state index contributed by atoms with van der Waals surface area (Å²) in [6.07, 6.45) is 4.20. The smallest absolute Gasteiger partial charge is 0.320 e. The Kier molecular flexibility index (Phi) is 4.63. The van der Waals surface area contributed by atoms with Crippen molar-refractivity contribution >= 4 is 12.0 Å². The Labute approximate surface area is 113 Å². The number of carboxylic acid groups (broad SMARTS) is 1. The van der Waals surface area contributed by atoms with E-state index in [1.807, 2.05) is 0 Å². The summed E-state index contributed by atoms with van der Waals surface area (Å²) in [4.78, 5) is 26.8. The van der Waals surface area contributed by atoms with Crippen LogP contribution >= 0.6 is 0 Å². The Morgan fingerprint density at radius 3 is 2.58 bits per heavy atom. The zero-order valence-corrected chi connectivity index (χ0v) is 11.1. The molecule has 0 aromatic rings. The van der Waals surface area contributed by atoms with Crippen molar-refractivity contribution in [2.75, 3.05) is 26.2 Å². The molecule has 2 amide bonds. The first-order valence-electron chi connectivity index (χ1n) is 7.02. The van der Waals surface area contributed by atoms with E-state index in [1.54, 1.807) is 9.80 Å². The molecule has 0 radical (unpaired) electrons.